The van der Waals surface area contributed by atoms with Gasteiger partial charge in [-0.2, -0.15) is 0 Å². The molecule has 24 heavy (non-hydrogen) atoms. The standard InChI is InChI=1S/C18H23N5O/c1-11-5-8-14-13(9-11)16(24)22(4)17-21-20-15(23(14)17)10-19-18(2,3)12-6-7-12/h5,8-9,12,19H,6-7,10H2,1-4H3. The fourth-order valence-electron chi connectivity index (χ4n) is 3.43. The Kier molecular flexibility index (Phi) is 3.28. The minimum Gasteiger partial charge on any atom is -0.305 e. The van der Waals surface area contributed by atoms with Crippen LogP contribution in [0.25, 0.3) is 16.7 Å². The highest BCUT2D eigenvalue weighted by Gasteiger charge is 2.37. The average molecular weight is 325 g/mol. The number of hydrogen-bond donors (Lipinski definition) is 1. The number of hydrogen-bond acceptors (Lipinski definition) is 4. The molecule has 0 atom stereocenters. The highest BCUT2D eigenvalue weighted by Crippen LogP contribution is 2.39. The monoisotopic (exact) mass is 325 g/mol. The summed E-state index contributed by atoms with van der Waals surface area (Å²) in [7, 11) is 1.75. The van der Waals surface area contributed by atoms with Crippen molar-refractivity contribution in [1.29, 1.82) is 0 Å². The smallest absolute Gasteiger partial charge is 0.262 e. The third-order valence-corrected chi connectivity index (χ3v) is 5.24. The lowest BCUT2D eigenvalue weighted by molar-refractivity contribution is 0.335. The number of nitrogens with zero attached hydrogens (tertiary/aromatic N) is 4. The highest BCUT2D eigenvalue weighted by molar-refractivity contribution is 5.81. The Hall–Kier alpha value is -2.21. The molecule has 0 radical (unpaired) electrons. The maximum atomic E-state index is 12.6. The van der Waals surface area contributed by atoms with Crippen LogP contribution in [0, 0.1) is 12.8 Å². The van der Waals surface area contributed by atoms with E-state index >= 15 is 0 Å². The molecule has 0 unspecified atom stereocenters. The van der Waals surface area contributed by atoms with Gasteiger partial charge in [-0.25, -0.2) is 0 Å². The molecule has 2 heterocycles. The van der Waals surface area contributed by atoms with Gasteiger partial charge in [0.15, 0.2) is 5.82 Å². The molecule has 0 aliphatic heterocycles. The second-order valence-electron chi connectivity index (χ2n) is 7.49. The molecule has 0 spiro atoms. The first-order valence-corrected chi connectivity index (χ1v) is 8.47. The predicted molar refractivity (Wildman–Crippen MR) is 94.1 cm³/mol. The van der Waals surface area contributed by atoms with E-state index in [2.05, 4.69) is 29.4 Å². The van der Waals surface area contributed by atoms with E-state index in [1.165, 1.54) is 12.8 Å². The minimum absolute atomic E-state index is 0.0357. The number of aryl methyl sites for hydroxylation is 2. The van der Waals surface area contributed by atoms with Gasteiger partial charge >= 0.3 is 0 Å². The van der Waals surface area contributed by atoms with Crippen molar-refractivity contribution in [3.8, 4) is 0 Å². The van der Waals surface area contributed by atoms with Gasteiger partial charge in [0.25, 0.3) is 5.56 Å². The lowest BCUT2D eigenvalue weighted by Gasteiger charge is -2.25. The molecular weight excluding hydrogens is 302 g/mol. The van der Waals surface area contributed by atoms with E-state index in [0.29, 0.717) is 17.7 Å². The van der Waals surface area contributed by atoms with E-state index in [1.54, 1.807) is 11.6 Å². The van der Waals surface area contributed by atoms with Gasteiger partial charge in [-0.1, -0.05) is 11.6 Å². The van der Waals surface area contributed by atoms with Gasteiger partial charge in [0.05, 0.1) is 17.4 Å². The first-order valence-electron chi connectivity index (χ1n) is 8.47. The molecule has 1 aliphatic rings. The van der Waals surface area contributed by atoms with Crippen LogP contribution >= 0.6 is 0 Å². The molecular formula is C18H23N5O. The van der Waals surface area contributed by atoms with Crippen LogP contribution in [0.15, 0.2) is 23.0 Å². The Balaban J connectivity index is 1.85. The Bertz CT molecular complexity index is 994. The molecule has 0 saturated heterocycles. The summed E-state index contributed by atoms with van der Waals surface area (Å²) in [6.07, 6.45) is 2.58. The largest absolute Gasteiger partial charge is 0.305 e. The molecule has 1 saturated carbocycles. The van der Waals surface area contributed by atoms with Gasteiger partial charge in [-0.3, -0.25) is 13.8 Å². The van der Waals surface area contributed by atoms with E-state index in [1.807, 2.05) is 29.5 Å². The Labute approximate surface area is 140 Å². The van der Waals surface area contributed by atoms with E-state index in [0.717, 1.165) is 22.8 Å². The van der Waals surface area contributed by atoms with E-state index in [9.17, 15) is 4.79 Å². The van der Waals surface area contributed by atoms with Crippen molar-refractivity contribution in [2.24, 2.45) is 13.0 Å². The van der Waals surface area contributed by atoms with E-state index < -0.39 is 0 Å². The Morgan fingerprint density at radius 2 is 2.04 bits per heavy atom. The summed E-state index contributed by atoms with van der Waals surface area (Å²) in [5, 5.41) is 12.9. The van der Waals surface area contributed by atoms with Crippen molar-refractivity contribution in [3.63, 3.8) is 0 Å². The van der Waals surface area contributed by atoms with Gasteiger partial charge in [0.2, 0.25) is 5.78 Å². The maximum Gasteiger partial charge on any atom is 0.262 e. The lowest BCUT2D eigenvalue weighted by atomic mass is 9.99. The van der Waals surface area contributed by atoms with Crippen LogP contribution in [0.2, 0.25) is 0 Å². The van der Waals surface area contributed by atoms with Crippen molar-refractivity contribution >= 4 is 16.7 Å². The fourth-order valence-corrected chi connectivity index (χ4v) is 3.43. The van der Waals surface area contributed by atoms with Gasteiger partial charge in [-0.15, -0.1) is 10.2 Å². The number of benzene rings is 1. The van der Waals surface area contributed by atoms with Gasteiger partial charge in [-0.05, 0) is 51.7 Å². The van der Waals surface area contributed by atoms with Gasteiger partial charge in [0, 0.05) is 12.6 Å². The zero-order valence-corrected chi connectivity index (χ0v) is 14.6. The van der Waals surface area contributed by atoms with Crippen LogP contribution in [-0.2, 0) is 13.6 Å². The van der Waals surface area contributed by atoms with Crippen LogP contribution in [0.4, 0.5) is 0 Å². The van der Waals surface area contributed by atoms with E-state index in [4.69, 9.17) is 0 Å². The zero-order valence-electron chi connectivity index (χ0n) is 14.6. The van der Waals surface area contributed by atoms with Crippen LogP contribution in [-0.4, -0.2) is 24.7 Å². The average Bonchev–Trinajstić information content (AvgIpc) is 3.32. The fraction of sp³-hybridized carbons (Fsp3) is 0.500. The molecule has 3 aromatic rings. The van der Waals surface area contributed by atoms with Crippen molar-refractivity contribution in [2.75, 3.05) is 0 Å². The predicted octanol–water partition coefficient (Wildman–Crippen LogP) is 2.17. The van der Waals surface area contributed by atoms with Crippen molar-refractivity contribution in [2.45, 2.75) is 45.7 Å². The molecule has 126 valence electrons. The quantitative estimate of drug-likeness (QED) is 0.798. The maximum absolute atomic E-state index is 12.6. The summed E-state index contributed by atoms with van der Waals surface area (Å²) < 4.78 is 3.57. The highest BCUT2D eigenvalue weighted by atomic mass is 16.1. The van der Waals surface area contributed by atoms with Crippen LogP contribution in [0.5, 0.6) is 0 Å². The van der Waals surface area contributed by atoms with Crippen LogP contribution in [0.1, 0.15) is 38.1 Å². The first kappa shape index (κ1) is 15.3. The second-order valence-corrected chi connectivity index (χ2v) is 7.49. The number of aromatic nitrogens is 4. The van der Waals surface area contributed by atoms with Gasteiger partial charge in [0.1, 0.15) is 0 Å². The normalized spacial score (nSPS) is 15.5. The molecule has 1 N–H and O–H groups in total. The second kappa shape index (κ2) is 5.14. The first-order chi connectivity index (χ1) is 11.4. The molecule has 6 heteroatoms. The third-order valence-electron chi connectivity index (χ3n) is 5.24. The summed E-state index contributed by atoms with van der Waals surface area (Å²) in [5.74, 6) is 2.15. The molecule has 4 rings (SSSR count). The van der Waals surface area contributed by atoms with Crippen molar-refractivity contribution in [1.82, 2.24) is 24.5 Å². The van der Waals surface area contributed by atoms with Gasteiger partial charge < -0.3 is 5.32 Å². The summed E-state index contributed by atoms with van der Waals surface area (Å²) in [4.78, 5) is 12.6. The van der Waals surface area contributed by atoms with Crippen molar-refractivity contribution < 1.29 is 0 Å². The summed E-state index contributed by atoms with van der Waals surface area (Å²) >= 11 is 0. The number of rotatable bonds is 4. The Morgan fingerprint density at radius 3 is 2.75 bits per heavy atom. The van der Waals surface area contributed by atoms with Crippen LogP contribution < -0.4 is 10.9 Å². The Morgan fingerprint density at radius 1 is 1.29 bits per heavy atom. The van der Waals surface area contributed by atoms with E-state index in [-0.39, 0.29) is 11.1 Å². The molecule has 0 bridgehead atoms. The van der Waals surface area contributed by atoms with Crippen molar-refractivity contribution in [3.05, 3.63) is 39.9 Å². The minimum atomic E-state index is -0.0357. The molecule has 0 amide bonds. The SMILES string of the molecule is Cc1ccc2c(c1)c(=O)n(C)c1nnc(CNC(C)(C)C3CC3)n21. The molecule has 1 aromatic carbocycles. The number of nitrogens with one attached hydrogen (secondary N) is 1. The zero-order chi connectivity index (χ0) is 17.1. The third kappa shape index (κ3) is 2.33. The summed E-state index contributed by atoms with van der Waals surface area (Å²) in [6.45, 7) is 7.11. The molecule has 1 aliphatic carbocycles. The molecule has 2 aromatic heterocycles. The lowest BCUT2D eigenvalue weighted by Crippen LogP contribution is -2.41. The van der Waals surface area contributed by atoms with Crippen LogP contribution in [0.3, 0.4) is 0 Å². The summed E-state index contributed by atoms with van der Waals surface area (Å²) in [6, 6.07) is 5.94. The number of fused-ring (bicyclic) bond motifs is 3. The summed E-state index contributed by atoms with van der Waals surface area (Å²) in [5.41, 5.74) is 2.00. The molecule has 1 fully saturated rings. The topological polar surface area (TPSA) is 64.2 Å². The molecule has 6 nitrogen and oxygen atoms in total.